The Morgan fingerprint density at radius 3 is 2.81 bits per heavy atom. The topological polar surface area (TPSA) is 130 Å². The summed E-state index contributed by atoms with van der Waals surface area (Å²) in [6, 6.07) is 6.15. The van der Waals surface area contributed by atoms with Gasteiger partial charge in [-0.05, 0) is 39.0 Å². The molecule has 0 aliphatic carbocycles. The van der Waals surface area contributed by atoms with Crippen LogP contribution in [0.25, 0.3) is 5.57 Å². The van der Waals surface area contributed by atoms with Gasteiger partial charge in [-0.1, -0.05) is 0 Å². The third kappa shape index (κ3) is 5.09. The molecule has 3 amide bonds. The number of aryl methyl sites for hydroxylation is 1. The van der Waals surface area contributed by atoms with Crippen LogP contribution in [0.4, 0.5) is 10.6 Å². The van der Waals surface area contributed by atoms with Gasteiger partial charge in [-0.3, -0.25) is 20.0 Å². The number of carbonyl (C=O) groups excluding carboxylic acids is 2. The van der Waals surface area contributed by atoms with E-state index in [2.05, 4.69) is 20.6 Å². The first-order valence-corrected chi connectivity index (χ1v) is 10.0. The van der Waals surface area contributed by atoms with E-state index in [1.807, 2.05) is 0 Å². The van der Waals surface area contributed by atoms with Gasteiger partial charge in [0.15, 0.2) is 0 Å². The second kappa shape index (κ2) is 9.56. The highest BCUT2D eigenvalue weighted by molar-refractivity contribution is 6.07. The number of hydrogen-bond acceptors (Lipinski definition) is 8. The number of rotatable bonds is 6. The summed E-state index contributed by atoms with van der Waals surface area (Å²) in [7, 11) is 1.75. The van der Waals surface area contributed by atoms with E-state index in [9.17, 15) is 9.59 Å². The van der Waals surface area contributed by atoms with Crippen LogP contribution in [-0.4, -0.2) is 58.8 Å². The third-order valence-corrected chi connectivity index (χ3v) is 4.77. The van der Waals surface area contributed by atoms with E-state index in [0.717, 1.165) is 4.90 Å². The third-order valence-electron chi connectivity index (χ3n) is 4.77. The molecule has 10 heteroatoms. The number of nitrogens with one attached hydrogen (secondary N) is 3. The zero-order valence-electron chi connectivity index (χ0n) is 18.4. The first-order valence-electron chi connectivity index (χ1n) is 10.0. The lowest BCUT2D eigenvalue weighted by Crippen LogP contribution is -2.56. The molecule has 0 atom stereocenters. The van der Waals surface area contributed by atoms with E-state index in [1.165, 1.54) is 6.21 Å². The Morgan fingerprint density at radius 1 is 1.34 bits per heavy atom. The SMILES string of the molecule is CN/C=C(\C=N)c1cc(Oc2ccc(NC(=O)N3CCOC(C)(C)C3=O)nc2C)ccn1. The summed E-state index contributed by atoms with van der Waals surface area (Å²) >= 11 is 0. The lowest BCUT2D eigenvalue weighted by molar-refractivity contribution is -0.160. The van der Waals surface area contributed by atoms with Gasteiger partial charge in [0.2, 0.25) is 0 Å². The molecule has 3 N–H and O–H groups in total. The van der Waals surface area contributed by atoms with Gasteiger partial charge in [-0.25, -0.2) is 9.78 Å². The molecule has 0 aromatic carbocycles. The van der Waals surface area contributed by atoms with Crippen molar-refractivity contribution in [2.45, 2.75) is 26.4 Å². The summed E-state index contributed by atoms with van der Waals surface area (Å²) in [6.07, 6.45) is 4.47. The maximum Gasteiger partial charge on any atom is 0.329 e. The van der Waals surface area contributed by atoms with E-state index in [1.54, 1.807) is 64.5 Å². The van der Waals surface area contributed by atoms with Gasteiger partial charge >= 0.3 is 6.03 Å². The second-order valence-corrected chi connectivity index (χ2v) is 7.54. The first-order chi connectivity index (χ1) is 15.2. The van der Waals surface area contributed by atoms with Crippen LogP contribution < -0.4 is 15.4 Å². The van der Waals surface area contributed by atoms with Crippen LogP contribution in [0.2, 0.25) is 0 Å². The maximum absolute atomic E-state index is 12.6. The predicted octanol–water partition coefficient (Wildman–Crippen LogP) is 2.96. The smallest absolute Gasteiger partial charge is 0.329 e. The van der Waals surface area contributed by atoms with E-state index >= 15 is 0 Å². The summed E-state index contributed by atoms with van der Waals surface area (Å²) in [6.45, 7) is 5.47. The molecule has 0 bridgehead atoms. The van der Waals surface area contributed by atoms with Crippen molar-refractivity contribution in [1.82, 2.24) is 20.2 Å². The van der Waals surface area contributed by atoms with Gasteiger partial charge < -0.3 is 20.2 Å². The molecular weight excluding hydrogens is 412 g/mol. The average molecular weight is 438 g/mol. The minimum absolute atomic E-state index is 0.179. The summed E-state index contributed by atoms with van der Waals surface area (Å²) in [5.74, 6) is 0.929. The number of ether oxygens (including phenoxy) is 2. The molecule has 3 heterocycles. The minimum Gasteiger partial charge on any atom is -0.455 e. The van der Waals surface area contributed by atoms with Crippen molar-refractivity contribution in [3.05, 3.63) is 48.1 Å². The Labute approximate surface area is 186 Å². The number of morpholine rings is 1. The van der Waals surface area contributed by atoms with E-state index in [0.29, 0.717) is 34.3 Å². The normalized spacial score (nSPS) is 15.8. The van der Waals surface area contributed by atoms with Crippen molar-refractivity contribution in [3.8, 4) is 11.5 Å². The van der Waals surface area contributed by atoms with E-state index < -0.39 is 17.5 Å². The summed E-state index contributed by atoms with van der Waals surface area (Å²) in [4.78, 5) is 34.7. The number of anilines is 1. The summed E-state index contributed by atoms with van der Waals surface area (Å²) in [5.41, 5.74) is 0.693. The summed E-state index contributed by atoms with van der Waals surface area (Å²) in [5, 5.41) is 13.1. The molecule has 168 valence electrons. The summed E-state index contributed by atoms with van der Waals surface area (Å²) < 4.78 is 11.3. The van der Waals surface area contributed by atoms with Crippen LogP contribution in [0.3, 0.4) is 0 Å². The molecule has 0 unspecified atom stereocenters. The monoisotopic (exact) mass is 438 g/mol. The molecule has 10 nitrogen and oxygen atoms in total. The van der Waals surface area contributed by atoms with Crippen molar-refractivity contribution >= 4 is 29.5 Å². The highest BCUT2D eigenvalue weighted by Crippen LogP contribution is 2.27. The Kier molecular flexibility index (Phi) is 6.84. The Morgan fingerprint density at radius 2 is 2.12 bits per heavy atom. The number of imide groups is 1. The largest absolute Gasteiger partial charge is 0.455 e. The molecule has 1 aliphatic rings. The fourth-order valence-electron chi connectivity index (χ4n) is 3.08. The van der Waals surface area contributed by atoms with Crippen molar-refractivity contribution in [3.63, 3.8) is 0 Å². The van der Waals surface area contributed by atoms with Crippen LogP contribution in [-0.2, 0) is 9.53 Å². The Hall–Kier alpha value is -3.79. The minimum atomic E-state index is -1.04. The molecule has 2 aromatic rings. The van der Waals surface area contributed by atoms with E-state index in [-0.39, 0.29) is 13.2 Å². The number of allylic oxidation sites excluding steroid dienone is 1. The lowest BCUT2D eigenvalue weighted by atomic mass is 10.1. The number of urea groups is 1. The molecule has 0 radical (unpaired) electrons. The lowest BCUT2D eigenvalue weighted by Gasteiger charge is -2.35. The van der Waals surface area contributed by atoms with Gasteiger partial charge in [0.05, 0.1) is 24.5 Å². The number of amides is 3. The second-order valence-electron chi connectivity index (χ2n) is 7.54. The van der Waals surface area contributed by atoms with Crippen molar-refractivity contribution in [2.24, 2.45) is 0 Å². The average Bonchev–Trinajstić information content (AvgIpc) is 2.76. The fourth-order valence-corrected chi connectivity index (χ4v) is 3.08. The van der Waals surface area contributed by atoms with Crippen LogP contribution in [0.15, 0.2) is 36.7 Å². The number of hydrogen-bond donors (Lipinski definition) is 3. The predicted molar refractivity (Wildman–Crippen MR) is 120 cm³/mol. The quantitative estimate of drug-likeness (QED) is 0.591. The fraction of sp³-hybridized carbons (Fsp3) is 0.318. The number of nitrogens with zero attached hydrogens (tertiary/aromatic N) is 3. The van der Waals surface area contributed by atoms with Crippen LogP contribution >= 0.6 is 0 Å². The number of carbonyl (C=O) groups is 2. The van der Waals surface area contributed by atoms with Crippen molar-refractivity contribution in [1.29, 1.82) is 5.41 Å². The standard InChI is InChI=1S/C22H26N6O4/c1-14-18(32-16-7-8-25-17(11-16)15(12-23)13-24-4)5-6-19(26-14)27-21(30)28-9-10-31-22(2,3)20(28)29/h5-8,11-13,23-24H,9-10H2,1-4H3,(H,26,27,30)/b15-13+,23-12?. The molecule has 3 rings (SSSR count). The molecule has 1 saturated heterocycles. The van der Waals surface area contributed by atoms with Crippen LogP contribution in [0.5, 0.6) is 11.5 Å². The highest BCUT2D eigenvalue weighted by Gasteiger charge is 2.39. The number of aromatic nitrogens is 2. The van der Waals surface area contributed by atoms with Crippen molar-refractivity contribution < 1.29 is 19.1 Å². The van der Waals surface area contributed by atoms with Gasteiger partial charge in [0, 0.05) is 37.3 Å². The molecule has 0 spiro atoms. The van der Waals surface area contributed by atoms with Crippen LogP contribution in [0, 0.1) is 12.3 Å². The van der Waals surface area contributed by atoms with E-state index in [4.69, 9.17) is 14.9 Å². The highest BCUT2D eigenvalue weighted by atomic mass is 16.5. The van der Waals surface area contributed by atoms with Gasteiger partial charge in [-0.15, -0.1) is 0 Å². The molecule has 2 aromatic heterocycles. The maximum atomic E-state index is 12.6. The molecule has 0 saturated carbocycles. The van der Waals surface area contributed by atoms with Gasteiger partial charge in [0.1, 0.15) is 22.9 Å². The zero-order chi connectivity index (χ0) is 23.3. The molecular formula is C22H26N6O4. The Bertz CT molecular complexity index is 1070. The molecule has 1 fully saturated rings. The van der Waals surface area contributed by atoms with Crippen molar-refractivity contribution in [2.75, 3.05) is 25.5 Å². The van der Waals surface area contributed by atoms with Gasteiger partial charge in [-0.2, -0.15) is 0 Å². The van der Waals surface area contributed by atoms with Gasteiger partial charge in [0.25, 0.3) is 5.91 Å². The zero-order valence-corrected chi connectivity index (χ0v) is 18.4. The molecule has 1 aliphatic heterocycles. The number of pyridine rings is 2. The first kappa shape index (κ1) is 22.9. The van der Waals surface area contributed by atoms with Crippen LogP contribution in [0.1, 0.15) is 25.2 Å². The Balaban J connectivity index is 1.72. The molecule has 32 heavy (non-hydrogen) atoms.